The molecule has 0 radical (unpaired) electrons. The van der Waals surface area contributed by atoms with E-state index in [2.05, 4.69) is 49.5 Å². The van der Waals surface area contributed by atoms with Gasteiger partial charge in [-0.1, -0.05) is 12.1 Å². The third-order valence-electron chi connectivity index (χ3n) is 2.99. The Kier molecular flexibility index (Phi) is 3.78. The van der Waals surface area contributed by atoms with Gasteiger partial charge in [0.1, 0.15) is 0 Å². The summed E-state index contributed by atoms with van der Waals surface area (Å²) in [5.74, 6) is 0. The van der Waals surface area contributed by atoms with Crippen LogP contribution in [0.1, 0.15) is 16.3 Å². The van der Waals surface area contributed by atoms with Crippen molar-refractivity contribution in [2.75, 3.05) is 5.32 Å². The number of imidazole rings is 1. The Hall–Kier alpha value is -2.14. The predicted octanol–water partition coefficient (Wildman–Crippen LogP) is 3.31. The molecule has 2 aromatic heterocycles. The minimum Gasteiger partial charge on any atom is -0.379 e. The molecule has 5 heteroatoms. The Morgan fingerprint density at radius 1 is 1.35 bits per heavy atom. The van der Waals surface area contributed by atoms with Gasteiger partial charge in [-0.3, -0.25) is 0 Å². The van der Waals surface area contributed by atoms with Crippen LogP contribution in [0.4, 0.5) is 5.69 Å². The smallest absolute Gasteiger partial charge is 0.0949 e. The largest absolute Gasteiger partial charge is 0.379 e. The maximum atomic E-state index is 4.45. The van der Waals surface area contributed by atoms with E-state index in [0.29, 0.717) is 0 Å². The van der Waals surface area contributed by atoms with Crippen molar-refractivity contribution in [3.05, 3.63) is 64.6 Å². The van der Waals surface area contributed by atoms with E-state index in [1.807, 2.05) is 19.4 Å². The fourth-order valence-corrected chi connectivity index (χ4v) is 2.67. The van der Waals surface area contributed by atoms with Crippen LogP contribution in [-0.2, 0) is 13.1 Å². The van der Waals surface area contributed by atoms with E-state index in [4.69, 9.17) is 0 Å². The van der Waals surface area contributed by atoms with E-state index in [1.54, 1.807) is 17.5 Å². The van der Waals surface area contributed by atoms with Crippen molar-refractivity contribution in [1.29, 1.82) is 0 Å². The van der Waals surface area contributed by atoms with Gasteiger partial charge in [0.25, 0.3) is 0 Å². The molecule has 0 aliphatic heterocycles. The second kappa shape index (κ2) is 5.88. The number of aryl methyl sites for hydroxylation is 1. The Labute approximate surface area is 122 Å². The summed E-state index contributed by atoms with van der Waals surface area (Å²) in [7, 11) is 0. The average Bonchev–Trinajstić information content (AvgIpc) is 3.09. The van der Waals surface area contributed by atoms with Crippen molar-refractivity contribution >= 4 is 17.0 Å². The first-order valence-electron chi connectivity index (χ1n) is 6.49. The highest BCUT2D eigenvalue weighted by molar-refractivity contribution is 7.09. The van der Waals surface area contributed by atoms with Gasteiger partial charge in [0.05, 0.1) is 23.6 Å². The highest BCUT2D eigenvalue weighted by Crippen LogP contribution is 2.14. The quantitative estimate of drug-likeness (QED) is 0.781. The summed E-state index contributed by atoms with van der Waals surface area (Å²) >= 11 is 1.68. The standard InChI is InChI=1S/C15H16N4S/c1-12-18-15(10-20-12)8-17-14-4-2-3-13(7-14)9-19-6-5-16-11-19/h2-7,10-11,17H,8-9H2,1H3. The molecule has 0 saturated heterocycles. The van der Waals surface area contributed by atoms with E-state index in [9.17, 15) is 0 Å². The summed E-state index contributed by atoms with van der Waals surface area (Å²) in [6.45, 7) is 3.63. The zero-order valence-corrected chi connectivity index (χ0v) is 12.1. The van der Waals surface area contributed by atoms with Crippen molar-refractivity contribution in [2.24, 2.45) is 0 Å². The van der Waals surface area contributed by atoms with Crippen LogP contribution in [0.25, 0.3) is 0 Å². The number of thiazole rings is 1. The van der Waals surface area contributed by atoms with Crippen molar-refractivity contribution in [2.45, 2.75) is 20.0 Å². The number of rotatable bonds is 5. The molecule has 3 aromatic rings. The highest BCUT2D eigenvalue weighted by atomic mass is 32.1. The molecule has 1 aromatic carbocycles. The third-order valence-corrected chi connectivity index (χ3v) is 3.81. The zero-order chi connectivity index (χ0) is 13.8. The van der Waals surface area contributed by atoms with Crippen LogP contribution in [0, 0.1) is 6.92 Å². The molecular weight excluding hydrogens is 268 g/mol. The molecule has 0 saturated carbocycles. The van der Waals surface area contributed by atoms with Crippen LogP contribution >= 0.6 is 11.3 Å². The second-order valence-corrected chi connectivity index (χ2v) is 5.71. The van der Waals surface area contributed by atoms with Gasteiger partial charge >= 0.3 is 0 Å². The lowest BCUT2D eigenvalue weighted by Crippen LogP contribution is -2.01. The van der Waals surface area contributed by atoms with E-state index >= 15 is 0 Å². The minimum absolute atomic E-state index is 0.763. The number of anilines is 1. The average molecular weight is 284 g/mol. The number of aromatic nitrogens is 3. The first kappa shape index (κ1) is 12.9. The van der Waals surface area contributed by atoms with Gasteiger partial charge in [-0.15, -0.1) is 11.3 Å². The summed E-state index contributed by atoms with van der Waals surface area (Å²) in [6, 6.07) is 8.44. The third kappa shape index (κ3) is 3.24. The summed E-state index contributed by atoms with van der Waals surface area (Å²) in [5.41, 5.74) is 3.46. The van der Waals surface area contributed by atoms with Gasteiger partial charge in [0.2, 0.25) is 0 Å². The number of nitrogens with one attached hydrogen (secondary N) is 1. The predicted molar refractivity (Wildman–Crippen MR) is 81.9 cm³/mol. The molecule has 0 unspecified atom stereocenters. The Morgan fingerprint density at radius 2 is 2.30 bits per heavy atom. The highest BCUT2D eigenvalue weighted by Gasteiger charge is 2.00. The second-order valence-electron chi connectivity index (χ2n) is 4.65. The maximum Gasteiger partial charge on any atom is 0.0949 e. The Morgan fingerprint density at radius 3 is 3.05 bits per heavy atom. The number of nitrogens with zero attached hydrogens (tertiary/aromatic N) is 3. The molecule has 2 heterocycles. The van der Waals surface area contributed by atoms with Gasteiger partial charge in [-0.2, -0.15) is 0 Å². The number of benzene rings is 1. The SMILES string of the molecule is Cc1nc(CNc2cccc(Cn3ccnc3)c2)cs1. The Balaban J connectivity index is 1.65. The molecule has 20 heavy (non-hydrogen) atoms. The van der Waals surface area contributed by atoms with Gasteiger partial charge in [-0.05, 0) is 24.6 Å². The molecule has 3 rings (SSSR count). The maximum absolute atomic E-state index is 4.45. The minimum atomic E-state index is 0.763. The molecule has 4 nitrogen and oxygen atoms in total. The van der Waals surface area contributed by atoms with Crippen LogP contribution in [0.3, 0.4) is 0 Å². The lowest BCUT2D eigenvalue weighted by atomic mass is 10.2. The molecule has 0 amide bonds. The number of hydrogen-bond acceptors (Lipinski definition) is 4. The van der Waals surface area contributed by atoms with E-state index < -0.39 is 0 Å². The molecule has 0 aliphatic rings. The van der Waals surface area contributed by atoms with Gasteiger partial charge in [0, 0.05) is 30.0 Å². The monoisotopic (exact) mass is 284 g/mol. The van der Waals surface area contributed by atoms with Crippen molar-refractivity contribution in [1.82, 2.24) is 14.5 Å². The molecule has 0 atom stereocenters. The molecule has 1 N–H and O–H groups in total. The fourth-order valence-electron chi connectivity index (χ4n) is 2.05. The number of hydrogen-bond donors (Lipinski definition) is 1. The van der Waals surface area contributed by atoms with Gasteiger partial charge in [-0.25, -0.2) is 9.97 Å². The lowest BCUT2D eigenvalue weighted by Gasteiger charge is -2.08. The topological polar surface area (TPSA) is 42.7 Å². The van der Waals surface area contributed by atoms with Crippen LogP contribution in [0.15, 0.2) is 48.4 Å². The molecule has 0 bridgehead atoms. The van der Waals surface area contributed by atoms with E-state index in [-0.39, 0.29) is 0 Å². The van der Waals surface area contributed by atoms with Crippen LogP contribution in [-0.4, -0.2) is 14.5 Å². The van der Waals surface area contributed by atoms with Crippen molar-refractivity contribution < 1.29 is 0 Å². The first-order valence-corrected chi connectivity index (χ1v) is 7.37. The zero-order valence-electron chi connectivity index (χ0n) is 11.3. The molecule has 102 valence electrons. The summed E-state index contributed by atoms with van der Waals surface area (Å²) in [6.07, 6.45) is 5.60. The van der Waals surface area contributed by atoms with E-state index in [1.165, 1.54) is 5.56 Å². The molecular formula is C15H16N4S. The van der Waals surface area contributed by atoms with Crippen LogP contribution in [0.5, 0.6) is 0 Å². The summed E-state index contributed by atoms with van der Waals surface area (Å²) < 4.78 is 2.06. The van der Waals surface area contributed by atoms with Crippen LogP contribution in [0.2, 0.25) is 0 Å². The fraction of sp³-hybridized carbons (Fsp3) is 0.200. The van der Waals surface area contributed by atoms with Crippen LogP contribution < -0.4 is 5.32 Å². The summed E-state index contributed by atoms with van der Waals surface area (Å²) in [5, 5.41) is 6.62. The lowest BCUT2D eigenvalue weighted by molar-refractivity contribution is 0.797. The molecule has 0 fully saturated rings. The van der Waals surface area contributed by atoms with Crippen molar-refractivity contribution in [3.8, 4) is 0 Å². The molecule has 0 spiro atoms. The van der Waals surface area contributed by atoms with Gasteiger partial charge < -0.3 is 9.88 Å². The summed E-state index contributed by atoms with van der Waals surface area (Å²) in [4.78, 5) is 8.51. The van der Waals surface area contributed by atoms with Gasteiger partial charge in [0.15, 0.2) is 0 Å². The Bertz CT molecular complexity index is 673. The normalized spacial score (nSPS) is 10.7. The van der Waals surface area contributed by atoms with Crippen molar-refractivity contribution in [3.63, 3.8) is 0 Å². The first-order chi connectivity index (χ1) is 9.79. The van der Waals surface area contributed by atoms with E-state index in [0.717, 1.165) is 29.5 Å². The molecule has 0 aliphatic carbocycles.